The minimum Gasteiger partial charge on any atom is -0.297 e. The summed E-state index contributed by atoms with van der Waals surface area (Å²) in [6, 6.07) is 6.07. The fourth-order valence-corrected chi connectivity index (χ4v) is 3.80. The third kappa shape index (κ3) is 3.03. The van der Waals surface area contributed by atoms with Crippen LogP contribution in [0.25, 0.3) is 10.2 Å². The molecular weight excluding hydrogens is 314 g/mol. The number of aromatic nitrogens is 2. The number of carbonyl (C=O) groups excluding carboxylic acids is 1. The zero-order valence-corrected chi connectivity index (χ0v) is 14.6. The molecule has 0 atom stereocenters. The Hall–Kier alpha value is -1.79. The van der Waals surface area contributed by atoms with Gasteiger partial charge in [0, 0.05) is 5.41 Å². The molecule has 0 fully saturated rings. The van der Waals surface area contributed by atoms with Crippen LogP contribution >= 0.6 is 22.7 Å². The fraction of sp³-hybridized carbons (Fsp3) is 0.312. The van der Waals surface area contributed by atoms with Crippen molar-refractivity contribution in [1.29, 1.82) is 0 Å². The van der Waals surface area contributed by atoms with E-state index in [0.29, 0.717) is 10.0 Å². The summed E-state index contributed by atoms with van der Waals surface area (Å²) >= 11 is 2.92. The number of hydrogen-bond acceptors (Lipinski definition) is 5. The molecule has 1 aromatic carbocycles. The third-order valence-electron chi connectivity index (χ3n) is 3.14. The second kappa shape index (κ2) is 5.44. The Bertz CT molecular complexity index is 843. The Morgan fingerprint density at radius 2 is 2.00 bits per heavy atom. The Balaban J connectivity index is 1.82. The number of amides is 1. The molecular formula is C16H17N3OS2. The van der Waals surface area contributed by atoms with Crippen LogP contribution in [-0.4, -0.2) is 15.9 Å². The number of benzene rings is 1. The number of nitrogens with one attached hydrogen (secondary N) is 1. The fourth-order valence-electron chi connectivity index (χ4n) is 1.97. The number of carbonyl (C=O) groups is 1. The molecule has 6 heteroatoms. The monoisotopic (exact) mass is 331 g/mol. The van der Waals surface area contributed by atoms with Gasteiger partial charge in [-0.2, -0.15) is 0 Å². The predicted octanol–water partition coefficient (Wildman–Crippen LogP) is 4.61. The molecule has 0 radical (unpaired) electrons. The standard InChI is InChI=1S/C16H17N3OS2/c1-9-5-6-10-11(7-9)22-15(18-10)19-13(20)12-8-17-14(21-12)16(2,3)4/h5-8H,1-4H3,(H,18,19,20). The van der Waals surface area contributed by atoms with Crippen molar-refractivity contribution in [3.8, 4) is 0 Å². The molecule has 0 saturated carbocycles. The van der Waals surface area contributed by atoms with E-state index in [1.54, 1.807) is 6.20 Å². The number of rotatable bonds is 2. The highest BCUT2D eigenvalue weighted by atomic mass is 32.1. The van der Waals surface area contributed by atoms with Crippen LogP contribution in [0.2, 0.25) is 0 Å². The van der Waals surface area contributed by atoms with Gasteiger partial charge in [-0.3, -0.25) is 10.1 Å². The summed E-state index contributed by atoms with van der Waals surface area (Å²) in [5, 5.41) is 4.45. The van der Waals surface area contributed by atoms with Crippen LogP contribution < -0.4 is 5.32 Å². The average Bonchev–Trinajstić information content (AvgIpc) is 3.03. The Labute approximate surface area is 137 Å². The van der Waals surface area contributed by atoms with Crippen LogP contribution in [0.15, 0.2) is 24.4 Å². The van der Waals surface area contributed by atoms with Crippen molar-refractivity contribution >= 4 is 43.9 Å². The zero-order chi connectivity index (χ0) is 15.9. The lowest BCUT2D eigenvalue weighted by atomic mass is 9.98. The van der Waals surface area contributed by atoms with Gasteiger partial charge >= 0.3 is 0 Å². The SMILES string of the molecule is Cc1ccc2nc(NC(=O)c3cnc(C(C)(C)C)s3)sc2c1. The molecule has 1 amide bonds. The summed E-state index contributed by atoms with van der Waals surface area (Å²) in [6.07, 6.45) is 1.64. The summed E-state index contributed by atoms with van der Waals surface area (Å²) in [5.74, 6) is -0.149. The molecule has 0 aliphatic carbocycles. The normalized spacial score (nSPS) is 11.8. The molecule has 0 aliphatic rings. The lowest BCUT2D eigenvalue weighted by Gasteiger charge is -2.13. The van der Waals surface area contributed by atoms with Crippen LogP contribution in [0, 0.1) is 6.92 Å². The van der Waals surface area contributed by atoms with Crippen molar-refractivity contribution in [2.45, 2.75) is 33.1 Å². The van der Waals surface area contributed by atoms with E-state index in [-0.39, 0.29) is 11.3 Å². The molecule has 0 saturated heterocycles. The van der Waals surface area contributed by atoms with Crippen LogP contribution in [0.4, 0.5) is 5.13 Å². The van der Waals surface area contributed by atoms with E-state index in [4.69, 9.17) is 0 Å². The highest BCUT2D eigenvalue weighted by molar-refractivity contribution is 7.22. The van der Waals surface area contributed by atoms with Crippen molar-refractivity contribution in [1.82, 2.24) is 9.97 Å². The van der Waals surface area contributed by atoms with E-state index >= 15 is 0 Å². The molecule has 2 heterocycles. The molecule has 0 aliphatic heterocycles. The van der Waals surface area contributed by atoms with Crippen LogP contribution in [0.1, 0.15) is 41.0 Å². The largest absolute Gasteiger partial charge is 0.297 e. The number of fused-ring (bicyclic) bond motifs is 1. The number of nitrogens with zero attached hydrogens (tertiary/aromatic N) is 2. The zero-order valence-electron chi connectivity index (χ0n) is 12.9. The first-order valence-corrected chi connectivity index (χ1v) is 8.61. The van der Waals surface area contributed by atoms with E-state index in [0.717, 1.165) is 15.2 Å². The van der Waals surface area contributed by atoms with Gasteiger partial charge in [0.25, 0.3) is 5.91 Å². The Morgan fingerprint density at radius 3 is 2.68 bits per heavy atom. The van der Waals surface area contributed by atoms with Gasteiger partial charge in [0.15, 0.2) is 5.13 Å². The van der Waals surface area contributed by atoms with Crippen molar-refractivity contribution in [2.75, 3.05) is 5.32 Å². The maximum Gasteiger partial charge on any atom is 0.269 e. The molecule has 0 bridgehead atoms. The second-order valence-electron chi connectivity index (χ2n) is 6.22. The minimum absolute atomic E-state index is 0.0451. The first-order chi connectivity index (χ1) is 10.3. The smallest absolute Gasteiger partial charge is 0.269 e. The maximum atomic E-state index is 12.3. The van der Waals surface area contributed by atoms with Gasteiger partial charge in [0.05, 0.1) is 21.4 Å². The summed E-state index contributed by atoms with van der Waals surface area (Å²) in [5.41, 5.74) is 2.05. The van der Waals surface area contributed by atoms with Crippen LogP contribution in [0.3, 0.4) is 0 Å². The van der Waals surface area contributed by atoms with Crippen molar-refractivity contribution in [3.05, 3.63) is 39.8 Å². The second-order valence-corrected chi connectivity index (χ2v) is 8.29. The summed E-state index contributed by atoms with van der Waals surface area (Å²) in [6.45, 7) is 8.30. The molecule has 4 nitrogen and oxygen atoms in total. The molecule has 1 N–H and O–H groups in total. The maximum absolute atomic E-state index is 12.3. The molecule has 22 heavy (non-hydrogen) atoms. The van der Waals surface area contributed by atoms with Gasteiger partial charge in [0.1, 0.15) is 4.88 Å². The topological polar surface area (TPSA) is 54.9 Å². The van der Waals surface area contributed by atoms with Gasteiger partial charge in [-0.1, -0.05) is 38.2 Å². The molecule has 0 spiro atoms. The summed E-state index contributed by atoms with van der Waals surface area (Å²) < 4.78 is 1.08. The van der Waals surface area contributed by atoms with Gasteiger partial charge in [-0.25, -0.2) is 9.97 Å². The number of aryl methyl sites for hydroxylation is 1. The van der Waals surface area contributed by atoms with Crippen LogP contribution in [0.5, 0.6) is 0 Å². The molecule has 114 valence electrons. The first-order valence-electron chi connectivity index (χ1n) is 6.98. The molecule has 0 unspecified atom stereocenters. The lowest BCUT2D eigenvalue weighted by Crippen LogP contribution is -2.10. The number of hydrogen-bond donors (Lipinski definition) is 1. The van der Waals surface area contributed by atoms with E-state index in [2.05, 4.69) is 42.1 Å². The first kappa shape index (κ1) is 15.1. The van der Waals surface area contributed by atoms with E-state index < -0.39 is 0 Å². The lowest BCUT2D eigenvalue weighted by molar-refractivity contribution is 0.103. The quantitative estimate of drug-likeness (QED) is 0.746. The number of thiazole rings is 2. The van der Waals surface area contributed by atoms with E-state index in [1.807, 2.05) is 19.1 Å². The van der Waals surface area contributed by atoms with E-state index in [9.17, 15) is 4.79 Å². The summed E-state index contributed by atoms with van der Waals surface area (Å²) in [4.78, 5) is 21.7. The predicted molar refractivity (Wildman–Crippen MR) is 93.1 cm³/mol. The Kier molecular flexibility index (Phi) is 3.74. The van der Waals surface area contributed by atoms with Gasteiger partial charge in [0.2, 0.25) is 0 Å². The number of anilines is 1. The third-order valence-corrected chi connectivity index (χ3v) is 5.49. The minimum atomic E-state index is -0.149. The summed E-state index contributed by atoms with van der Waals surface area (Å²) in [7, 11) is 0. The van der Waals surface area contributed by atoms with Crippen molar-refractivity contribution in [2.24, 2.45) is 0 Å². The van der Waals surface area contributed by atoms with Gasteiger partial charge < -0.3 is 0 Å². The molecule has 3 rings (SSSR count). The van der Waals surface area contributed by atoms with Gasteiger partial charge in [-0.05, 0) is 24.6 Å². The van der Waals surface area contributed by atoms with Crippen molar-refractivity contribution < 1.29 is 4.79 Å². The van der Waals surface area contributed by atoms with Gasteiger partial charge in [-0.15, -0.1) is 11.3 Å². The molecule has 2 aromatic heterocycles. The van der Waals surface area contributed by atoms with Crippen molar-refractivity contribution in [3.63, 3.8) is 0 Å². The average molecular weight is 331 g/mol. The molecule has 3 aromatic rings. The van der Waals surface area contributed by atoms with E-state index in [1.165, 1.54) is 28.2 Å². The highest BCUT2D eigenvalue weighted by Gasteiger charge is 2.20. The Morgan fingerprint density at radius 1 is 1.23 bits per heavy atom. The van der Waals surface area contributed by atoms with Crippen LogP contribution in [-0.2, 0) is 5.41 Å². The highest BCUT2D eigenvalue weighted by Crippen LogP contribution is 2.29.